The van der Waals surface area contributed by atoms with Gasteiger partial charge in [0, 0.05) is 25.2 Å². The van der Waals surface area contributed by atoms with Crippen molar-refractivity contribution >= 4 is 17.1 Å². The Bertz CT molecular complexity index is 472. The van der Waals surface area contributed by atoms with Crippen LogP contribution < -0.4 is 4.90 Å². The Hall–Kier alpha value is -2.22. The highest BCUT2D eigenvalue weighted by atomic mass is 16.6. The average Bonchev–Trinajstić information content (AvgIpc) is 2.74. The van der Waals surface area contributed by atoms with E-state index in [0.717, 1.165) is 0 Å². The standard InChI is InChI=1S/C10H11N3O5/c14-7-4-5-11(6-7)10-8(12(15)16)2-1-3-9(10)13(17)18/h1-3,7,14H,4-6H2. The molecule has 1 N–H and O–H groups in total. The second kappa shape index (κ2) is 4.57. The third-order valence-corrected chi connectivity index (χ3v) is 2.87. The Balaban J connectivity index is 2.53. The molecule has 0 radical (unpaired) electrons. The number of aliphatic hydroxyl groups excluding tert-OH is 1. The minimum Gasteiger partial charge on any atom is -0.391 e. The topological polar surface area (TPSA) is 110 Å². The highest BCUT2D eigenvalue weighted by Gasteiger charge is 2.33. The number of rotatable bonds is 3. The minimum absolute atomic E-state index is 0.0240. The normalized spacial score (nSPS) is 18.9. The van der Waals surface area contributed by atoms with Gasteiger partial charge in [0.2, 0.25) is 0 Å². The number of nitrogens with zero attached hydrogens (tertiary/aromatic N) is 3. The Kier molecular flexibility index (Phi) is 3.11. The van der Waals surface area contributed by atoms with Crippen LogP contribution in [0.15, 0.2) is 18.2 Å². The van der Waals surface area contributed by atoms with E-state index in [4.69, 9.17) is 0 Å². The Morgan fingerprint density at radius 1 is 1.22 bits per heavy atom. The quantitative estimate of drug-likeness (QED) is 0.637. The number of nitro groups is 2. The molecule has 1 fully saturated rings. The van der Waals surface area contributed by atoms with Crippen LogP contribution in [0, 0.1) is 20.2 Å². The van der Waals surface area contributed by atoms with Gasteiger partial charge in [0.15, 0.2) is 5.69 Å². The zero-order valence-corrected chi connectivity index (χ0v) is 9.35. The molecule has 0 aliphatic carbocycles. The SMILES string of the molecule is O=[N+]([O-])c1cccc([N+](=O)[O-])c1N1CCC(O)C1. The molecule has 0 saturated carbocycles. The minimum atomic E-state index is -0.646. The predicted octanol–water partition coefficient (Wildman–Crippen LogP) is 1.07. The van der Waals surface area contributed by atoms with E-state index < -0.39 is 16.0 Å². The summed E-state index contributed by atoms with van der Waals surface area (Å²) in [5.41, 5.74) is -0.638. The van der Waals surface area contributed by atoms with Crippen LogP contribution in [-0.2, 0) is 0 Å². The number of nitro benzene ring substituents is 2. The first-order chi connectivity index (χ1) is 8.50. The lowest BCUT2D eigenvalue weighted by molar-refractivity contribution is -0.392. The molecule has 1 aromatic rings. The summed E-state index contributed by atoms with van der Waals surface area (Å²) in [5.74, 6) is 0. The van der Waals surface area contributed by atoms with Crippen molar-refractivity contribution in [2.45, 2.75) is 12.5 Å². The zero-order valence-electron chi connectivity index (χ0n) is 9.35. The van der Waals surface area contributed by atoms with Crippen molar-refractivity contribution in [3.05, 3.63) is 38.4 Å². The summed E-state index contributed by atoms with van der Waals surface area (Å²) in [6.07, 6.45) is -0.159. The maximum Gasteiger partial charge on any atom is 0.299 e. The van der Waals surface area contributed by atoms with Gasteiger partial charge in [-0.25, -0.2) is 0 Å². The molecule has 1 aliphatic rings. The molecule has 0 aromatic heterocycles. The molecule has 0 amide bonds. The number of para-hydroxylation sites is 1. The maximum atomic E-state index is 10.9. The van der Waals surface area contributed by atoms with E-state index in [1.165, 1.54) is 23.1 Å². The fraction of sp³-hybridized carbons (Fsp3) is 0.400. The van der Waals surface area contributed by atoms with E-state index in [1.54, 1.807) is 0 Å². The van der Waals surface area contributed by atoms with Crippen molar-refractivity contribution in [3.8, 4) is 0 Å². The largest absolute Gasteiger partial charge is 0.391 e. The second-order valence-corrected chi connectivity index (χ2v) is 4.05. The molecule has 96 valence electrons. The molecule has 0 bridgehead atoms. The predicted molar refractivity (Wildman–Crippen MR) is 62.6 cm³/mol. The van der Waals surface area contributed by atoms with Crippen LogP contribution in [0.2, 0.25) is 0 Å². The number of hydrogen-bond donors (Lipinski definition) is 1. The smallest absolute Gasteiger partial charge is 0.299 e. The summed E-state index contributed by atoms with van der Waals surface area (Å²) in [5, 5.41) is 31.3. The van der Waals surface area contributed by atoms with Gasteiger partial charge in [0.1, 0.15) is 0 Å². The molecule has 1 unspecified atom stereocenters. The monoisotopic (exact) mass is 253 g/mol. The van der Waals surface area contributed by atoms with Crippen LogP contribution in [0.3, 0.4) is 0 Å². The van der Waals surface area contributed by atoms with Gasteiger partial charge >= 0.3 is 0 Å². The van der Waals surface area contributed by atoms with Gasteiger partial charge in [0.05, 0.1) is 16.0 Å². The van der Waals surface area contributed by atoms with E-state index >= 15 is 0 Å². The van der Waals surface area contributed by atoms with Gasteiger partial charge in [-0.15, -0.1) is 0 Å². The van der Waals surface area contributed by atoms with Crippen LogP contribution in [-0.4, -0.2) is 34.1 Å². The molecule has 1 atom stereocenters. The van der Waals surface area contributed by atoms with E-state index in [1.807, 2.05) is 0 Å². The summed E-state index contributed by atoms with van der Waals surface area (Å²) in [6, 6.07) is 3.74. The number of aliphatic hydroxyl groups is 1. The summed E-state index contributed by atoms with van der Waals surface area (Å²) in [7, 11) is 0. The van der Waals surface area contributed by atoms with Crippen LogP contribution >= 0.6 is 0 Å². The fourth-order valence-electron chi connectivity index (χ4n) is 2.08. The Labute approximate surface area is 102 Å². The number of hydrogen-bond acceptors (Lipinski definition) is 6. The van der Waals surface area contributed by atoms with Crippen molar-refractivity contribution in [1.29, 1.82) is 0 Å². The molecule has 2 rings (SSSR count). The Morgan fingerprint density at radius 2 is 1.78 bits per heavy atom. The third kappa shape index (κ3) is 2.09. The average molecular weight is 253 g/mol. The molecule has 1 saturated heterocycles. The van der Waals surface area contributed by atoms with Gasteiger partial charge in [-0.2, -0.15) is 0 Å². The molecule has 1 aromatic carbocycles. The lowest BCUT2D eigenvalue weighted by Gasteiger charge is -2.17. The summed E-state index contributed by atoms with van der Waals surface area (Å²) >= 11 is 0. The first-order valence-electron chi connectivity index (χ1n) is 5.35. The number of β-amino-alcohol motifs (C(OH)–C–C–N with tert-alkyl or cyclic N) is 1. The third-order valence-electron chi connectivity index (χ3n) is 2.87. The molecule has 0 spiro atoms. The summed E-state index contributed by atoms with van der Waals surface area (Å²) < 4.78 is 0. The molecule has 1 aliphatic heterocycles. The second-order valence-electron chi connectivity index (χ2n) is 4.05. The first kappa shape index (κ1) is 12.2. The van der Waals surface area contributed by atoms with Crippen molar-refractivity contribution in [3.63, 3.8) is 0 Å². The van der Waals surface area contributed by atoms with Gasteiger partial charge in [0.25, 0.3) is 11.4 Å². The molecule has 8 nitrogen and oxygen atoms in total. The van der Waals surface area contributed by atoms with Gasteiger partial charge in [-0.05, 0) is 12.5 Å². The van der Waals surface area contributed by atoms with Crippen molar-refractivity contribution < 1.29 is 15.0 Å². The molecule has 8 heteroatoms. The van der Waals surface area contributed by atoms with E-state index in [9.17, 15) is 25.3 Å². The van der Waals surface area contributed by atoms with Crippen molar-refractivity contribution in [2.24, 2.45) is 0 Å². The van der Waals surface area contributed by atoms with Crippen molar-refractivity contribution in [2.75, 3.05) is 18.0 Å². The lowest BCUT2D eigenvalue weighted by atomic mass is 10.2. The van der Waals surface area contributed by atoms with Gasteiger partial charge in [-0.1, -0.05) is 0 Å². The maximum absolute atomic E-state index is 10.9. The number of anilines is 1. The van der Waals surface area contributed by atoms with E-state index in [0.29, 0.717) is 13.0 Å². The van der Waals surface area contributed by atoms with E-state index in [2.05, 4.69) is 0 Å². The highest BCUT2D eigenvalue weighted by Crippen LogP contribution is 2.38. The summed E-state index contributed by atoms with van der Waals surface area (Å²) in [4.78, 5) is 22.1. The number of benzene rings is 1. The van der Waals surface area contributed by atoms with Gasteiger partial charge < -0.3 is 10.0 Å². The van der Waals surface area contributed by atoms with Crippen LogP contribution in [0.5, 0.6) is 0 Å². The van der Waals surface area contributed by atoms with Crippen molar-refractivity contribution in [1.82, 2.24) is 0 Å². The Morgan fingerprint density at radius 3 is 2.17 bits per heavy atom. The zero-order chi connectivity index (χ0) is 13.3. The molecule has 1 heterocycles. The molecule has 18 heavy (non-hydrogen) atoms. The summed E-state index contributed by atoms with van der Waals surface area (Å²) in [6.45, 7) is 0.540. The first-order valence-corrected chi connectivity index (χ1v) is 5.35. The highest BCUT2D eigenvalue weighted by molar-refractivity contribution is 5.75. The van der Waals surface area contributed by atoms with Crippen LogP contribution in [0.25, 0.3) is 0 Å². The fourth-order valence-corrected chi connectivity index (χ4v) is 2.08. The van der Waals surface area contributed by atoms with Gasteiger partial charge in [-0.3, -0.25) is 20.2 Å². The van der Waals surface area contributed by atoms with Crippen LogP contribution in [0.1, 0.15) is 6.42 Å². The lowest BCUT2D eigenvalue weighted by Crippen LogP contribution is -2.23. The van der Waals surface area contributed by atoms with Crippen LogP contribution in [0.4, 0.5) is 17.1 Å². The molecular weight excluding hydrogens is 242 g/mol. The molecular formula is C10H11N3O5. The van der Waals surface area contributed by atoms with E-state index in [-0.39, 0.29) is 23.6 Å².